The lowest BCUT2D eigenvalue weighted by molar-refractivity contribution is -0.150. The molecule has 0 saturated carbocycles. The summed E-state index contributed by atoms with van der Waals surface area (Å²) < 4.78 is 0. The van der Waals surface area contributed by atoms with Gasteiger partial charge in [0.05, 0.1) is 0 Å². The van der Waals surface area contributed by atoms with Crippen LogP contribution >= 0.6 is 0 Å². The number of nitrogens with zero attached hydrogens (tertiary/aromatic N) is 1. The quantitative estimate of drug-likeness (QED) is 0.785. The Labute approximate surface area is 98.8 Å². The second-order valence-corrected chi connectivity index (χ2v) is 5.85. The minimum atomic E-state index is -0.665. The van der Waals surface area contributed by atoms with E-state index >= 15 is 0 Å². The molecule has 94 valence electrons. The van der Waals surface area contributed by atoms with Gasteiger partial charge >= 0.3 is 5.97 Å². The zero-order valence-electron chi connectivity index (χ0n) is 11.0. The van der Waals surface area contributed by atoms with Crippen molar-refractivity contribution in [1.29, 1.82) is 0 Å². The molecule has 0 aromatic heterocycles. The summed E-state index contributed by atoms with van der Waals surface area (Å²) in [6.07, 6.45) is 2.87. The first-order valence-corrected chi connectivity index (χ1v) is 6.34. The first kappa shape index (κ1) is 13.5. The minimum absolute atomic E-state index is 0.568. The Morgan fingerprint density at radius 1 is 1.56 bits per heavy atom. The van der Waals surface area contributed by atoms with Crippen molar-refractivity contribution in [3.63, 3.8) is 0 Å². The molecule has 1 fully saturated rings. The minimum Gasteiger partial charge on any atom is -0.480 e. The van der Waals surface area contributed by atoms with Crippen molar-refractivity contribution in [2.45, 2.75) is 52.5 Å². The fourth-order valence-electron chi connectivity index (χ4n) is 2.35. The van der Waals surface area contributed by atoms with Gasteiger partial charge in [0.25, 0.3) is 0 Å². The van der Waals surface area contributed by atoms with Gasteiger partial charge in [0, 0.05) is 6.54 Å². The fraction of sp³-hybridized carbons (Fsp3) is 0.923. The average Bonchev–Trinajstić information content (AvgIpc) is 2.61. The molecule has 1 rings (SSSR count). The molecule has 0 aromatic rings. The normalized spacial score (nSPS) is 25.9. The predicted molar refractivity (Wildman–Crippen MR) is 65.5 cm³/mol. The van der Waals surface area contributed by atoms with Gasteiger partial charge in [-0.3, -0.25) is 9.69 Å². The first-order valence-electron chi connectivity index (χ1n) is 6.34. The molecule has 16 heavy (non-hydrogen) atoms. The Hall–Kier alpha value is -0.570. The second-order valence-electron chi connectivity index (χ2n) is 5.85. The molecule has 1 saturated heterocycles. The second kappa shape index (κ2) is 5.17. The van der Waals surface area contributed by atoms with Gasteiger partial charge in [0.15, 0.2) is 0 Å². The van der Waals surface area contributed by atoms with Gasteiger partial charge in [-0.05, 0) is 44.6 Å². The molecule has 1 aliphatic heterocycles. The summed E-state index contributed by atoms with van der Waals surface area (Å²) in [6, 6.07) is 0. The smallest absolute Gasteiger partial charge is 0.323 e. The molecule has 2 atom stereocenters. The topological polar surface area (TPSA) is 40.5 Å². The van der Waals surface area contributed by atoms with Gasteiger partial charge in [-0.2, -0.15) is 0 Å². The molecule has 0 amide bonds. The number of carboxylic acid groups (broad SMARTS) is 1. The maximum Gasteiger partial charge on any atom is 0.323 e. The Bertz CT molecular complexity index is 252. The van der Waals surface area contributed by atoms with E-state index in [1.807, 2.05) is 6.92 Å². The van der Waals surface area contributed by atoms with Crippen molar-refractivity contribution in [3.05, 3.63) is 0 Å². The highest BCUT2D eigenvalue weighted by molar-refractivity contribution is 5.78. The zero-order valence-corrected chi connectivity index (χ0v) is 11.0. The van der Waals surface area contributed by atoms with Gasteiger partial charge in [-0.15, -0.1) is 0 Å². The molecule has 1 aliphatic rings. The lowest BCUT2D eigenvalue weighted by Gasteiger charge is -2.35. The van der Waals surface area contributed by atoms with Gasteiger partial charge in [0.1, 0.15) is 5.54 Å². The standard InChI is InChI=1S/C13H25NO2/c1-10(2)5-7-13(4,12(15)16)14-8-6-11(3)9-14/h10-11H,5-9H2,1-4H3,(H,15,16). The number of carboxylic acids is 1. The summed E-state index contributed by atoms with van der Waals surface area (Å²) in [5.74, 6) is 0.540. The number of aliphatic carboxylic acids is 1. The maximum atomic E-state index is 11.5. The Kier molecular flexibility index (Phi) is 4.36. The summed E-state index contributed by atoms with van der Waals surface area (Å²) >= 11 is 0. The van der Waals surface area contributed by atoms with Crippen LogP contribution in [0.1, 0.15) is 47.0 Å². The highest BCUT2D eigenvalue weighted by Gasteiger charge is 2.41. The van der Waals surface area contributed by atoms with Crippen LogP contribution in [0.25, 0.3) is 0 Å². The maximum absolute atomic E-state index is 11.5. The molecule has 0 aliphatic carbocycles. The predicted octanol–water partition coefficient (Wildman–Crippen LogP) is 2.61. The summed E-state index contributed by atoms with van der Waals surface area (Å²) in [7, 11) is 0. The molecule has 2 unspecified atom stereocenters. The van der Waals surface area contributed by atoms with Crippen LogP contribution in [-0.2, 0) is 4.79 Å². The van der Waals surface area contributed by atoms with E-state index in [0.717, 1.165) is 32.4 Å². The van der Waals surface area contributed by atoms with Crippen LogP contribution in [0.2, 0.25) is 0 Å². The largest absolute Gasteiger partial charge is 0.480 e. The van der Waals surface area contributed by atoms with Crippen molar-refractivity contribution in [2.24, 2.45) is 11.8 Å². The zero-order chi connectivity index (χ0) is 12.3. The van der Waals surface area contributed by atoms with Crippen LogP contribution in [0, 0.1) is 11.8 Å². The molecule has 0 bridgehead atoms. The molecular formula is C13H25NO2. The van der Waals surface area contributed by atoms with Crippen LogP contribution in [-0.4, -0.2) is 34.6 Å². The van der Waals surface area contributed by atoms with Crippen molar-refractivity contribution < 1.29 is 9.90 Å². The van der Waals surface area contributed by atoms with Crippen LogP contribution in [0.4, 0.5) is 0 Å². The summed E-state index contributed by atoms with van der Waals surface area (Å²) in [6.45, 7) is 10.2. The van der Waals surface area contributed by atoms with Crippen LogP contribution < -0.4 is 0 Å². The van der Waals surface area contributed by atoms with E-state index in [2.05, 4.69) is 25.7 Å². The van der Waals surface area contributed by atoms with Crippen molar-refractivity contribution >= 4 is 5.97 Å². The summed E-state index contributed by atoms with van der Waals surface area (Å²) in [5.41, 5.74) is -0.658. The molecule has 0 spiro atoms. The van der Waals surface area contributed by atoms with E-state index in [9.17, 15) is 9.90 Å². The van der Waals surface area contributed by atoms with E-state index in [1.54, 1.807) is 0 Å². The number of hydrogen-bond acceptors (Lipinski definition) is 2. The van der Waals surface area contributed by atoms with Crippen LogP contribution in [0.5, 0.6) is 0 Å². The molecule has 3 nitrogen and oxygen atoms in total. The van der Waals surface area contributed by atoms with Crippen LogP contribution in [0.15, 0.2) is 0 Å². The summed E-state index contributed by atoms with van der Waals surface area (Å²) in [5, 5.41) is 9.45. The highest BCUT2D eigenvalue weighted by atomic mass is 16.4. The van der Waals surface area contributed by atoms with Crippen molar-refractivity contribution in [3.8, 4) is 0 Å². The Morgan fingerprint density at radius 2 is 2.19 bits per heavy atom. The third-order valence-electron chi connectivity index (χ3n) is 3.79. The lowest BCUT2D eigenvalue weighted by atomic mass is 9.90. The molecule has 0 radical (unpaired) electrons. The van der Waals surface area contributed by atoms with Crippen molar-refractivity contribution in [1.82, 2.24) is 4.90 Å². The van der Waals surface area contributed by atoms with E-state index in [0.29, 0.717) is 11.8 Å². The molecular weight excluding hydrogens is 202 g/mol. The number of rotatable bonds is 5. The third-order valence-corrected chi connectivity index (χ3v) is 3.79. The molecule has 3 heteroatoms. The van der Waals surface area contributed by atoms with Gasteiger partial charge in [0.2, 0.25) is 0 Å². The molecule has 0 aromatic carbocycles. The van der Waals surface area contributed by atoms with E-state index in [4.69, 9.17) is 0 Å². The number of likely N-dealkylation sites (tertiary alicyclic amines) is 1. The molecule has 1 heterocycles. The van der Waals surface area contributed by atoms with Crippen LogP contribution in [0.3, 0.4) is 0 Å². The van der Waals surface area contributed by atoms with Gasteiger partial charge in [-0.1, -0.05) is 20.8 Å². The van der Waals surface area contributed by atoms with Crippen molar-refractivity contribution in [2.75, 3.05) is 13.1 Å². The number of hydrogen-bond donors (Lipinski definition) is 1. The first-order chi connectivity index (χ1) is 7.36. The fourth-order valence-corrected chi connectivity index (χ4v) is 2.35. The summed E-state index contributed by atoms with van der Waals surface area (Å²) in [4.78, 5) is 13.6. The Morgan fingerprint density at radius 3 is 2.56 bits per heavy atom. The lowest BCUT2D eigenvalue weighted by Crippen LogP contribution is -2.51. The van der Waals surface area contributed by atoms with E-state index in [1.165, 1.54) is 0 Å². The van der Waals surface area contributed by atoms with Gasteiger partial charge in [-0.25, -0.2) is 0 Å². The third kappa shape index (κ3) is 2.97. The average molecular weight is 227 g/mol. The van der Waals surface area contributed by atoms with Gasteiger partial charge < -0.3 is 5.11 Å². The number of carbonyl (C=O) groups is 1. The Balaban J connectivity index is 2.68. The highest BCUT2D eigenvalue weighted by Crippen LogP contribution is 2.29. The molecule has 1 N–H and O–H groups in total. The monoisotopic (exact) mass is 227 g/mol. The SMILES string of the molecule is CC(C)CCC(C)(C(=O)O)N1CCC(C)C1. The van der Waals surface area contributed by atoms with E-state index in [-0.39, 0.29) is 0 Å². The van der Waals surface area contributed by atoms with E-state index < -0.39 is 11.5 Å².